The summed E-state index contributed by atoms with van der Waals surface area (Å²) in [6.07, 6.45) is 0.842. The summed E-state index contributed by atoms with van der Waals surface area (Å²) in [6, 6.07) is 5.89. The SMILES string of the molecule is N#Cc1cc2c(cc1I)C(N)CCO2. The van der Waals surface area contributed by atoms with E-state index in [2.05, 4.69) is 28.7 Å². The Hall–Kier alpha value is -0.800. The average molecular weight is 300 g/mol. The van der Waals surface area contributed by atoms with Crippen LogP contribution in [0.25, 0.3) is 0 Å². The highest BCUT2D eigenvalue weighted by molar-refractivity contribution is 14.1. The van der Waals surface area contributed by atoms with E-state index in [0.717, 1.165) is 21.3 Å². The maximum atomic E-state index is 8.84. The van der Waals surface area contributed by atoms with Crippen molar-refractivity contribution in [2.75, 3.05) is 6.61 Å². The molecule has 0 saturated heterocycles. The molecule has 1 heterocycles. The Balaban J connectivity index is 2.55. The van der Waals surface area contributed by atoms with Gasteiger partial charge in [0.15, 0.2) is 0 Å². The summed E-state index contributed by atoms with van der Waals surface area (Å²) in [5, 5.41) is 8.84. The monoisotopic (exact) mass is 300 g/mol. The molecule has 1 aliphatic heterocycles. The number of halogens is 1. The molecule has 1 aliphatic rings. The Bertz CT molecular complexity index is 411. The van der Waals surface area contributed by atoms with E-state index in [0.29, 0.717) is 12.2 Å². The van der Waals surface area contributed by atoms with E-state index in [1.165, 1.54) is 0 Å². The van der Waals surface area contributed by atoms with E-state index >= 15 is 0 Å². The minimum absolute atomic E-state index is 0.0417. The van der Waals surface area contributed by atoms with Crippen LogP contribution < -0.4 is 10.5 Å². The standard InChI is InChI=1S/C10H9IN2O/c11-8-4-7-9(13)1-2-14-10(7)3-6(8)5-12/h3-4,9H,1-2,13H2. The molecule has 1 aromatic carbocycles. The molecule has 0 fully saturated rings. The van der Waals surface area contributed by atoms with Crippen LogP contribution in [0.2, 0.25) is 0 Å². The predicted octanol–water partition coefficient (Wildman–Crippen LogP) is 1.95. The molecule has 3 nitrogen and oxygen atoms in total. The maximum absolute atomic E-state index is 8.84. The summed E-state index contributed by atoms with van der Waals surface area (Å²) >= 11 is 2.14. The molecule has 0 aromatic heterocycles. The van der Waals surface area contributed by atoms with Crippen LogP contribution in [0.1, 0.15) is 23.6 Å². The van der Waals surface area contributed by atoms with Gasteiger partial charge >= 0.3 is 0 Å². The molecule has 14 heavy (non-hydrogen) atoms. The zero-order valence-electron chi connectivity index (χ0n) is 7.46. The van der Waals surface area contributed by atoms with Gasteiger partial charge in [0.25, 0.3) is 0 Å². The molecule has 0 aliphatic carbocycles. The summed E-state index contributed by atoms with van der Waals surface area (Å²) in [4.78, 5) is 0. The Labute approximate surface area is 96.0 Å². The zero-order chi connectivity index (χ0) is 10.1. The number of hydrogen-bond acceptors (Lipinski definition) is 3. The molecule has 4 heteroatoms. The molecule has 0 spiro atoms. The molecular formula is C10H9IN2O. The van der Waals surface area contributed by atoms with Crippen molar-refractivity contribution in [1.82, 2.24) is 0 Å². The largest absolute Gasteiger partial charge is 0.493 e. The lowest BCUT2D eigenvalue weighted by Gasteiger charge is -2.23. The summed E-state index contributed by atoms with van der Waals surface area (Å²) in [5.41, 5.74) is 7.61. The quantitative estimate of drug-likeness (QED) is 0.745. The number of ether oxygens (including phenoxy) is 1. The highest BCUT2D eigenvalue weighted by atomic mass is 127. The van der Waals surface area contributed by atoms with Crippen LogP contribution in [-0.2, 0) is 0 Å². The first-order valence-electron chi connectivity index (χ1n) is 4.34. The van der Waals surface area contributed by atoms with Gasteiger partial charge in [0, 0.05) is 21.6 Å². The van der Waals surface area contributed by atoms with Crippen molar-refractivity contribution in [3.8, 4) is 11.8 Å². The second-order valence-electron chi connectivity index (χ2n) is 3.23. The van der Waals surface area contributed by atoms with Crippen molar-refractivity contribution < 1.29 is 4.74 Å². The lowest BCUT2D eigenvalue weighted by atomic mass is 10.00. The molecule has 1 unspecified atom stereocenters. The van der Waals surface area contributed by atoms with Gasteiger partial charge in [-0.05, 0) is 34.7 Å². The molecule has 0 bridgehead atoms. The smallest absolute Gasteiger partial charge is 0.125 e. The van der Waals surface area contributed by atoms with E-state index in [9.17, 15) is 0 Å². The van der Waals surface area contributed by atoms with Crippen molar-refractivity contribution in [1.29, 1.82) is 5.26 Å². The Morgan fingerprint density at radius 2 is 2.36 bits per heavy atom. The van der Waals surface area contributed by atoms with Crippen molar-refractivity contribution >= 4 is 22.6 Å². The summed E-state index contributed by atoms with van der Waals surface area (Å²) in [6.45, 7) is 0.639. The van der Waals surface area contributed by atoms with Crippen LogP contribution >= 0.6 is 22.6 Å². The first kappa shape index (κ1) is 9.74. The van der Waals surface area contributed by atoms with Crippen LogP contribution in [0.15, 0.2) is 12.1 Å². The highest BCUT2D eigenvalue weighted by Crippen LogP contribution is 2.33. The minimum atomic E-state index is 0.0417. The molecule has 1 atom stereocenters. The van der Waals surface area contributed by atoms with Crippen LogP contribution in [0.4, 0.5) is 0 Å². The predicted molar refractivity (Wildman–Crippen MR) is 60.9 cm³/mol. The maximum Gasteiger partial charge on any atom is 0.125 e. The second kappa shape index (κ2) is 3.75. The van der Waals surface area contributed by atoms with Crippen molar-refractivity contribution in [3.63, 3.8) is 0 Å². The molecule has 0 radical (unpaired) electrons. The van der Waals surface area contributed by atoms with Crippen LogP contribution in [0.5, 0.6) is 5.75 Å². The van der Waals surface area contributed by atoms with Crippen LogP contribution in [0.3, 0.4) is 0 Å². The van der Waals surface area contributed by atoms with Gasteiger partial charge in [0.05, 0.1) is 12.2 Å². The van der Waals surface area contributed by atoms with Gasteiger partial charge in [-0.3, -0.25) is 0 Å². The summed E-state index contributed by atoms with van der Waals surface area (Å²) in [5.74, 6) is 0.765. The van der Waals surface area contributed by atoms with Crippen molar-refractivity contribution in [3.05, 3.63) is 26.8 Å². The van der Waals surface area contributed by atoms with E-state index in [1.54, 1.807) is 6.07 Å². The highest BCUT2D eigenvalue weighted by Gasteiger charge is 2.19. The van der Waals surface area contributed by atoms with Crippen molar-refractivity contribution in [2.24, 2.45) is 5.73 Å². The number of nitrogens with two attached hydrogens (primary N) is 1. The molecule has 0 amide bonds. The first-order chi connectivity index (χ1) is 6.72. The van der Waals surface area contributed by atoms with E-state index in [-0.39, 0.29) is 6.04 Å². The Morgan fingerprint density at radius 1 is 1.57 bits per heavy atom. The van der Waals surface area contributed by atoms with Gasteiger partial charge in [0.2, 0.25) is 0 Å². The van der Waals surface area contributed by atoms with E-state index < -0.39 is 0 Å². The Morgan fingerprint density at radius 3 is 3.07 bits per heavy atom. The van der Waals surface area contributed by atoms with Crippen LogP contribution in [-0.4, -0.2) is 6.61 Å². The fourth-order valence-corrected chi connectivity index (χ4v) is 2.13. The van der Waals surface area contributed by atoms with Gasteiger partial charge in [0.1, 0.15) is 11.8 Å². The molecule has 0 saturated carbocycles. The number of hydrogen-bond donors (Lipinski definition) is 1. The lowest BCUT2D eigenvalue weighted by Crippen LogP contribution is -2.20. The molecule has 72 valence electrons. The number of nitriles is 1. The van der Waals surface area contributed by atoms with Gasteiger partial charge in [-0.25, -0.2) is 0 Å². The third-order valence-corrected chi connectivity index (χ3v) is 3.20. The third-order valence-electron chi connectivity index (χ3n) is 2.31. The average Bonchev–Trinajstić information content (AvgIpc) is 2.19. The number of rotatable bonds is 0. The first-order valence-corrected chi connectivity index (χ1v) is 5.42. The van der Waals surface area contributed by atoms with Gasteiger partial charge < -0.3 is 10.5 Å². The van der Waals surface area contributed by atoms with Gasteiger partial charge in [-0.1, -0.05) is 0 Å². The Kier molecular flexibility index (Phi) is 2.61. The van der Waals surface area contributed by atoms with Gasteiger partial charge in [-0.15, -0.1) is 0 Å². The fraction of sp³-hybridized carbons (Fsp3) is 0.300. The molecule has 2 rings (SSSR count). The zero-order valence-corrected chi connectivity index (χ0v) is 9.61. The molecular weight excluding hydrogens is 291 g/mol. The number of benzene rings is 1. The number of nitrogens with zero attached hydrogens (tertiary/aromatic N) is 1. The molecule has 2 N–H and O–H groups in total. The van der Waals surface area contributed by atoms with Crippen LogP contribution in [0, 0.1) is 14.9 Å². The van der Waals surface area contributed by atoms with Gasteiger partial charge in [-0.2, -0.15) is 5.26 Å². The van der Waals surface area contributed by atoms with E-state index in [4.69, 9.17) is 15.7 Å². The topological polar surface area (TPSA) is 59.0 Å². The fourth-order valence-electron chi connectivity index (χ4n) is 1.52. The summed E-state index contributed by atoms with van der Waals surface area (Å²) < 4.78 is 6.39. The molecule has 1 aromatic rings. The second-order valence-corrected chi connectivity index (χ2v) is 4.39. The van der Waals surface area contributed by atoms with E-state index in [1.807, 2.05) is 6.07 Å². The minimum Gasteiger partial charge on any atom is -0.493 e. The third kappa shape index (κ3) is 1.57. The summed E-state index contributed by atoms with van der Waals surface area (Å²) in [7, 11) is 0. The lowest BCUT2D eigenvalue weighted by molar-refractivity contribution is 0.269. The normalized spacial score (nSPS) is 19.4. The van der Waals surface area contributed by atoms with Crippen molar-refractivity contribution in [2.45, 2.75) is 12.5 Å². The number of fused-ring (bicyclic) bond motifs is 1.